The molecule has 1 fully saturated rings. The lowest BCUT2D eigenvalue weighted by Crippen LogP contribution is -2.46. The van der Waals surface area contributed by atoms with Crippen LogP contribution in [0.3, 0.4) is 0 Å². The first-order chi connectivity index (χ1) is 14.3. The monoisotopic (exact) mass is 433 g/mol. The van der Waals surface area contributed by atoms with Crippen LogP contribution in [0.15, 0.2) is 59.5 Å². The zero-order valence-electron chi connectivity index (χ0n) is 17.3. The first kappa shape index (κ1) is 22.4. The third-order valence-electron chi connectivity index (χ3n) is 5.48. The van der Waals surface area contributed by atoms with Gasteiger partial charge in [-0.3, -0.25) is 4.79 Å². The molecule has 1 heterocycles. The molecule has 0 saturated carbocycles. The number of benzene rings is 2. The number of amides is 1. The molecule has 162 valence electrons. The van der Waals surface area contributed by atoms with Crippen molar-refractivity contribution in [3.8, 4) is 0 Å². The molecule has 1 aliphatic heterocycles. The number of rotatable bonds is 7. The number of carbonyl (C=O) groups excluding carboxylic acids is 1. The normalized spacial score (nSPS) is 18.9. The van der Waals surface area contributed by atoms with Crippen molar-refractivity contribution in [1.82, 2.24) is 14.5 Å². The van der Waals surface area contributed by atoms with E-state index in [1.54, 1.807) is 0 Å². The summed E-state index contributed by atoms with van der Waals surface area (Å²) in [5.41, 5.74) is 1.10. The standard InChI is InChI=1S/C22H28FN3O3S/c1-25(2)21(17-7-4-3-5-8-17)15-24-22(27)18-9-6-14-26(16-18)30(28,29)20-12-10-19(23)11-13-20/h3-5,7-8,10-13,18,21H,6,9,14-16H2,1-2H3,(H,24,27). The lowest BCUT2D eigenvalue weighted by Gasteiger charge is -2.32. The zero-order chi connectivity index (χ0) is 21.7. The molecule has 6 nitrogen and oxygen atoms in total. The maximum absolute atomic E-state index is 13.1. The molecular formula is C22H28FN3O3S. The summed E-state index contributed by atoms with van der Waals surface area (Å²) in [6.45, 7) is 0.925. The van der Waals surface area contributed by atoms with E-state index >= 15 is 0 Å². The average Bonchev–Trinajstić information content (AvgIpc) is 2.74. The van der Waals surface area contributed by atoms with Gasteiger partial charge in [0, 0.05) is 19.6 Å². The summed E-state index contributed by atoms with van der Waals surface area (Å²) in [7, 11) is 0.165. The molecule has 2 aromatic carbocycles. The van der Waals surface area contributed by atoms with Gasteiger partial charge in [-0.05, 0) is 56.8 Å². The Hall–Kier alpha value is -2.29. The first-order valence-electron chi connectivity index (χ1n) is 10.0. The highest BCUT2D eigenvalue weighted by Gasteiger charge is 2.33. The molecule has 0 bridgehead atoms. The molecule has 30 heavy (non-hydrogen) atoms. The quantitative estimate of drug-likeness (QED) is 0.729. The van der Waals surface area contributed by atoms with Crippen molar-refractivity contribution in [2.75, 3.05) is 33.7 Å². The van der Waals surface area contributed by atoms with Crippen molar-refractivity contribution >= 4 is 15.9 Å². The zero-order valence-corrected chi connectivity index (χ0v) is 18.1. The fraction of sp³-hybridized carbons (Fsp3) is 0.409. The summed E-state index contributed by atoms with van der Waals surface area (Å²) in [6.07, 6.45) is 1.24. The molecule has 8 heteroatoms. The smallest absolute Gasteiger partial charge is 0.243 e. The van der Waals surface area contributed by atoms with Crippen molar-refractivity contribution in [2.45, 2.75) is 23.8 Å². The van der Waals surface area contributed by atoms with Crippen molar-refractivity contribution in [2.24, 2.45) is 5.92 Å². The van der Waals surface area contributed by atoms with Gasteiger partial charge in [-0.1, -0.05) is 30.3 Å². The molecule has 1 N–H and O–H groups in total. The Morgan fingerprint density at radius 3 is 2.47 bits per heavy atom. The van der Waals surface area contributed by atoms with Gasteiger partial charge in [0.05, 0.1) is 16.9 Å². The van der Waals surface area contributed by atoms with Crippen LogP contribution in [0.4, 0.5) is 4.39 Å². The molecule has 2 atom stereocenters. The molecule has 3 rings (SSSR count). The van der Waals surface area contributed by atoms with E-state index in [2.05, 4.69) is 5.32 Å². The number of halogens is 1. The number of hydrogen-bond donors (Lipinski definition) is 1. The Labute approximate surface area is 177 Å². The van der Waals surface area contributed by atoms with E-state index in [1.807, 2.05) is 49.3 Å². The van der Waals surface area contributed by atoms with E-state index < -0.39 is 21.8 Å². The van der Waals surface area contributed by atoms with Gasteiger partial charge in [-0.2, -0.15) is 4.31 Å². The highest BCUT2D eigenvalue weighted by molar-refractivity contribution is 7.89. The number of carbonyl (C=O) groups is 1. The van der Waals surface area contributed by atoms with E-state index in [0.29, 0.717) is 25.9 Å². The van der Waals surface area contributed by atoms with Gasteiger partial charge in [0.2, 0.25) is 15.9 Å². The van der Waals surface area contributed by atoms with Gasteiger partial charge < -0.3 is 10.2 Å². The third-order valence-corrected chi connectivity index (χ3v) is 7.36. The van der Waals surface area contributed by atoms with Crippen LogP contribution in [-0.2, 0) is 14.8 Å². The molecule has 0 spiro atoms. The summed E-state index contributed by atoms with van der Waals surface area (Å²) in [5, 5.41) is 3.00. The van der Waals surface area contributed by atoms with E-state index in [-0.39, 0.29) is 23.4 Å². The third kappa shape index (κ3) is 5.24. The van der Waals surface area contributed by atoms with Crippen LogP contribution < -0.4 is 5.32 Å². The van der Waals surface area contributed by atoms with Gasteiger partial charge in [0.1, 0.15) is 5.82 Å². The lowest BCUT2D eigenvalue weighted by molar-refractivity contribution is -0.126. The summed E-state index contributed by atoms with van der Waals surface area (Å²) in [6, 6.07) is 14.7. The number of hydrogen-bond acceptors (Lipinski definition) is 4. The van der Waals surface area contributed by atoms with Gasteiger partial charge in [-0.25, -0.2) is 12.8 Å². The fourth-order valence-corrected chi connectivity index (χ4v) is 5.27. The van der Waals surface area contributed by atoms with E-state index in [4.69, 9.17) is 0 Å². The van der Waals surface area contributed by atoms with Gasteiger partial charge in [0.15, 0.2) is 0 Å². The van der Waals surface area contributed by atoms with Crippen LogP contribution in [-0.4, -0.2) is 57.3 Å². The van der Waals surface area contributed by atoms with Crippen LogP contribution in [0.2, 0.25) is 0 Å². The van der Waals surface area contributed by atoms with E-state index in [0.717, 1.165) is 17.7 Å². The Morgan fingerprint density at radius 2 is 1.83 bits per heavy atom. The topological polar surface area (TPSA) is 69.7 Å². The average molecular weight is 434 g/mol. The maximum Gasteiger partial charge on any atom is 0.243 e. The highest BCUT2D eigenvalue weighted by atomic mass is 32.2. The second-order valence-electron chi connectivity index (χ2n) is 7.79. The molecule has 0 aliphatic carbocycles. The van der Waals surface area contributed by atoms with Crippen molar-refractivity contribution < 1.29 is 17.6 Å². The van der Waals surface area contributed by atoms with Gasteiger partial charge in [-0.15, -0.1) is 0 Å². The largest absolute Gasteiger partial charge is 0.354 e. The molecule has 0 aromatic heterocycles. The Balaban J connectivity index is 1.64. The van der Waals surface area contributed by atoms with Gasteiger partial charge in [0.25, 0.3) is 0 Å². The highest BCUT2D eigenvalue weighted by Crippen LogP contribution is 2.24. The number of sulfonamides is 1. The number of nitrogens with zero attached hydrogens (tertiary/aromatic N) is 2. The maximum atomic E-state index is 13.1. The Morgan fingerprint density at radius 1 is 1.17 bits per heavy atom. The molecular weight excluding hydrogens is 405 g/mol. The minimum atomic E-state index is -3.75. The molecule has 2 aromatic rings. The van der Waals surface area contributed by atoms with E-state index in [9.17, 15) is 17.6 Å². The minimum Gasteiger partial charge on any atom is -0.354 e. The van der Waals surface area contributed by atoms with Crippen LogP contribution in [0, 0.1) is 11.7 Å². The Kier molecular flexibility index (Phi) is 7.23. The summed E-state index contributed by atoms with van der Waals surface area (Å²) in [4.78, 5) is 14.9. The number of piperidine rings is 1. The fourth-order valence-electron chi connectivity index (χ4n) is 3.75. The van der Waals surface area contributed by atoms with Crippen molar-refractivity contribution in [3.05, 3.63) is 66.0 Å². The summed E-state index contributed by atoms with van der Waals surface area (Å²) >= 11 is 0. The molecule has 1 aliphatic rings. The summed E-state index contributed by atoms with van der Waals surface area (Å²) < 4.78 is 40.2. The number of likely N-dealkylation sites (N-methyl/N-ethyl adjacent to an activating group) is 1. The van der Waals surface area contributed by atoms with Crippen LogP contribution in [0.5, 0.6) is 0 Å². The SMILES string of the molecule is CN(C)C(CNC(=O)C1CCCN(S(=O)(=O)c2ccc(F)cc2)C1)c1ccccc1. The Bertz CT molecular complexity index is 949. The van der Waals surface area contributed by atoms with Crippen molar-refractivity contribution in [1.29, 1.82) is 0 Å². The van der Waals surface area contributed by atoms with Crippen LogP contribution in [0.1, 0.15) is 24.4 Å². The first-order valence-corrected chi connectivity index (χ1v) is 11.5. The molecule has 1 amide bonds. The second-order valence-corrected chi connectivity index (χ2v) is 9.73. The predicted molar refractivity (Wildman–Crippen MR) is 114 cm³/mol. The minimum absolute atomic E-state index is 0.0257. The van der Waals surface area contributed by atoms with Crippen LogP contribution >= 0.6 is 0 Å². The molecule has 2 unspecified atom stereocenters. The number of nitrogens with one attached hydrogen (secondary N) is 1. The molecule has 0 radical (unpaired) electrons. The van der Waals surface area contributed by atoms with Crippen LogP contribution in [0.25, 0.3) is 0 Å². The van der Waals surface area contributed by atoms with E-state index in [1.165, 1.54) is 16.4 Å². The summed E-state index contributed by atoms with van der Waals surface area (Å²) in [5.74, 6) is -1.04. The lowest BCUT2D eigenvalue weighted by atomic mass is 9.98. The molecule has 1 saturated heterocycles. The predicted octanol–water partition coefficient (Wildman–Crippen LogP) is 2.65. The van der Waals surface area contributed by atoms with Crippen molar-refractivity contribution in [3.63, 3.8) is 0 Å². The van der Waals surface area contributed by atoms with Gasteiger partial charge >= 0.3 is 0 Å². The second kappa shape index (κ2) is 9.68.